The molecule has 0 fully saturated rings. The molecule has 0 atom stereocenters. The Morgan fingerprint density at radius 1 is 1.20 bits per heavy atom. The summed E-state index contributed by atoms with van der Waals surface area (Å²) in [6.45, 7) is 0. The topological polar surface area (TPSA) is 47.0 Å². The van der Waals surface area contributed by atoms with Gasteiger partial charge >= 0.3 is 0 Å². The van der Waals surface area contributed by atoms with Crippen LogP contribution < -0.4 is 0 Å². The minimum Gasteiger partial charge on any atom is -0.235 e. The fourth-order valence-electron chi connectivity index (χ4n) is 1.18. The first-order valence-corrected chi connectivity index (χ1v) is 7.05. The summed E-state index contributed by atoms with van der Waals surface area (Å²) in [5.41, 5.74) is 0.702. The van der Waals surface area contributed by atoms with Gasteiger partial charge in [0.25, 0.3) is 0 Å². The second-order valence-electron chi connectivity index (χ2n) is 3.11. The van der Waals surface area contributed by atoms with Crippen LogP contribution in [0.3, 0.4) is 0 Å². The predicted molar refractivity (Wildman–Crippen MR) is 60.7 cm³/mol. The van der Waals surface area contributed by atoms with Crippen LogP contribution in [0.4, 0.5) is 0 Å². The molecule has 0 N–H and O–H groups in total. The summed E-state index contributed by atoms with van der Waals surface area (Å²) in [6, 6.07) is 8.85. The van der Waals surface area contributed by atoms with Crippen LogP contribution in [0.2, 0.25) is 0 Å². The highest BCUT2D eigenvalue weighted by molar-refractivity contribution is 7.90. The molecule has 0 bridgehead atoms. The highest BCUT2D eigenvalue weighted by Crippen LogP contribution is 2.23. The third-order valence-electron chi connectivity index (χ3n) is 1.88. The molecule has 2 rings (SSSR count). The smallest absolute Gasteiger partial charge is 0.192 e. The average Bonchev–Trinajstić information content (AvgIpc) is 2.69. The molecule has 0 radical (unpaired) electrons. The third kappa shape index (κ3) is 2.24. The molecule has 2 heterocycles. The van der Waals surface area contributed by atoms with Crippen LogP contribution >= 0.6 is 11.3 Å². The maximum absolute atomic E-state index is 11.3. The predicted octanol–water partition coefficient (Wildman–Crippen LogP) is 2.21. The summed E-state index contributed by atoms with van der Waals surface area (Å²) < 4.78 is 22.6. The van der Waals surface area contributed by atoms with E-state index >= 15 is 0 Å². The second kappa shape index (κ2) is 3.75. The Kier molecular flexibility index (Phi) is 2.58. The number of hydrogen-bond donors (Lipinski definition) is 0. The van der Waals surface area contributed by atoms with Gasteiger partial charge in [-0.3, -0.25) is 0 Å². The first-order valence-electron chi connectivity index (χ1n) is 4.28. The highest BCUT2D eigenvalue weighted by Gasteiger charge is 2.10. The van der Waals surface area contributed by atoms with Crippen molar-refractivity contribution in [1.82, 2.24) is 4.98 Å². The van der Waals surface area contributed by atoms with Gasteiger partial charge in [-0.1, -0.05) is 12.1 Å². The molecule has 2 aromatic rings. The minimum absolute atomic E-state index is 0.119. The van der Waals surface area contributed by atoms with Gasteiger partial charge in [-0.15, -0.1) is 11.3 Å². The zero-order valence-corrected chi connectivity index (χ0v) is 9.68. The molecule has 0 aliphatic rings. The Hall–Kier alpha value is -1.20. The summed E-state index contributed by atoms with van der Waals surface area (Å²) in [7, 11) is -3.22. The minimum atomic E-state index is -3.22. The van der Waals surface area contributed by atoms with Gasteiger partial charge in [-0.2, -0.15) is 0 Å². The number of nitrogens with zero attached hydrogens (tertiary/aromatic N) is 1. The van der Waals surface area contributed by atoms with Crippen molar-refractivity contribution in [2.75, 3.05) is 6.26 Å². The zero-order valence-electron chi connectivity index (χ0n) is 8.04. The summed E-state index contributed by atoms with van der Waals surface area (Å²) in [5, 5.41) is 2.05. The number of sulfone groups is 1. The lowest BCUT2D eigenvalue weighted by atomic mass is 10.3. The lowest BCUT2D eigenvalue weighted by Crippen LogP contribution is -2.00. The molecule has 2 aromatic heterocycles. The maximum atomic E-state index is 11.3. The van der Waals surface area contributed by atoms with Crippen molar-refractivity contribution in [1.29, 1.82) is 0 Å². The van der Waals surface area contributed by atoms with Crippen LogP contribution in [0.25, 0.3) is 10.6 Å². The second-order valence-corrected chi connectivity index (χ2v) is 6.02. The summed E-state index contributed by atoms with van der Waals surface area (Å²) in [5.74, 6) is 0. The zero-order chi connectivity index (χ0) is 10.9. The van der Waals surface area contributed by atoms with E-state index in [9.17, 15) is 8.42 Å². The molecular formula is C10H9NO2S2. The van der Waals surface area contributed by atoms with E-state index < -0.39 is 9.84 Å². The number of pyridine rings is 1. The van der Waals surface area contributed by atoms with E-state index in [1.54, 1.807) is 12.1 Å². The van der Waals surface area contributed by atoms with E-state index in [4.69, 9.17) is 0 Å². The fraction of sp³-hybridized carbons (Fsp3) is 0.100. The van der Waals surface area contributed by atoms with Gasteiger partial charge in [0.1, 0.15) is 0 Å². The SMILES string of the molecule is CS(=O)(=O)c1cccc(-c2cccs2)n1. The largest absolute Gasteiger partial charge is 0.235 e. The molecule has 15 heavy (non-hydrogen) atoms. The number of hydrogen-bond acceptors (Lipinski definition) is 4. The van der Waals surface area contributed by atoms with E-state index in [1.807, 2.05) is 17.5 Å². The summed E-state index contributed by atoms with van der Waals surface area (Å²) in [4.78, 5) is 5.08. The van der Waals surface area contributed by atoms with Gasteiger partial charge in [-0.05, 0) is 23.6 Å². The normalized spacial score (nSPS) is 11.5. The van der Waals surface area contributed by atoms with Crippen LogP contribution in [0, 0.1) is 0 Å². The van der Waals surface area contributed by atoms with Gasteiger partial charge in [0.15, 0.2) is 14.9 Å². The van der Waals surface area contributed by atoms with Crippen molar-refractivity contribution < 1.29 is 8.42 Å². The molecule has 0 aliphatic carbocycles. The van der Waals surface area contributed by atoms with Crippen molar-refractivity contribution >= 4 is 21.2 Å². The lowest BCUT2D eigenvalue weighted by Gasteiger charge is -2.00. The standard InChI is InChI=1S/C10H9NO2S2/c1-15(12,13)10-6-2-4-8(11-10)9-5-3-7-14-9/h2-7H,1H3. The van der Waals surface area contributed by atoms with Crippen molar-refractivity contribution in [2.45, 2.75) is 5.03 Å². The van der Waals surface area contributed by atoms with E-state index in [-0.39, 0.29) is 5.03 Å². The Bertz CT molecular complexity index is 559. The average molecular weight is 239 g/mol. The molecule has 0 spiro atoms. The Balaban J connectivity index is 2.53. The molecular weight excluding hydrogens is 230 g/mol. The molecule has 0 unspecified atom stereocenters. The monoisotopic (exact) mass is 239 g/mol. The van der Waals surface area contributed by atoms with Crippen LogP contribution in [-0.4, -0.2) is 19.7 Å². The van der Waals surface area contributed by atoms with Crippen LogP contribution in [0.1, 0.15) is 0 Å². The van der Waals surface area contributed by atoms with Crippen molar-refractivity contribution in [3.63, 3.8) is 0 Å². The first-order chi connectivity index (χ1) is 7.07. The van der Waals surface area contributed by atoms with E-state index in [0.717, 1.165) is 11.1 Å². The highest BCUT2D eigenvalue weighted by atomic mass is 32.2. The van der Waals surface area contributed by atoms with Crippen LogP contribution in [0.15, 0.2) is 40.7 Å². The molecule has 0 aromatic carbocycles. The van der Waals surface area contributed by atoms with Crippen LogP contribution in [0.5, 0.6) is 0 Å². The Morgan fingerprint density at radius 2 is 2.00 bits per heavy atom. The first kappa shape index (κ1) is 10.3. The van der Waals surface area contributed by atoms with Gasteiger partial charge in [0, 0.05) is 6.26 Å². The molecule has 0 amide bonds. The quantitative estimate of drug-likeness (QED) is 0.807. The molecule has 3 nitrogen and oxygen atoms in total. The van der Waals surface area contributed by atoms with Crippen molar-refractivity contribution in [3.8, 4) is 10.6 Å². The third-order valence-corrected chi connectivity index (χ3v) is 3.76. The van der Waals surface area contributed by atoms with Crippen molar-refractivity contribution in [2.24, 2.45) is 0 Å². The van der Waals surface area contributed by atoms with E-state index in [2.05, 4.69) is 4.98 Å². The molecule has 0 aliphatic heterocycles. The van der Waals surface area contributed by atoms with E-state index in [0.29, 0.717) is 5.69 Å². The van der Waals surface area contributed by atoms with Gasteiger partial charge < -0.3 is 0 Å². The summed E-state index contributed by atoms with van der Waals surface area (Å²) in [6.07, 6.45) is 1.16. The Morgan fingerprint density at radius 3 is 2.60 bits per heavy atom. The molecule has 0 saturated heterocycles. The number of rotatable bonds is 2. The molecule has 78 valence electrons. The maximum Gasteiger partial charge on any atom is 0.192 e. The molecule has 5 heteroatoms. The van der Waals surface area contributed by atoms with Gasteiger partial charge in [-0.25, -0.2) is 13.4 Å². The van der Waals surface area contributed by atoms with Gasteiger partial charge in [0.05, 0.1) is 10.6 Å². The molecule has 0 saturated carbocycles. The summed E-state index contributed by atoms with van der Waals surface area (Å²) >= 11 is 1.54. The Labute approximate surface area is 92.3 Å². The number of thiophene rings is 1. The van der Waals surface area contributed by atoms with Crippen molar-refractivity contribution in [3.05, 3.63) is 35.7 Å². The number of aromatic nitrogens is 1. The lowest BCUT2D eigenvalue weighted by molar-refractivity contribution is 0.598. The van der Waals surface area contributed by atoms with Crippen LogP contribution in [-0.2, 0) is 9.84 Å². The van der Waals surface area contributed by atoms with Gasteiger partial charge in [0.2, 0.25) is 0 Å². The van der Waals surface area contributed by atoms with E-state index in [1.165, 1.54) is 17.4 Å². The fourth-order valence-corrected chi connectivity index (χ4v) is 2.47.